The Hall–Kier alpha value is -2.48. The van der Waals surface area contributed by atoms with Gasteiger partial charge in [-0.15, -0.1) is 6.42 Å². The van der Waals surface area contributed by atoms with Gasteiger partial charge in [0.2, 0.25) is 0 Å². The number of nitrogens with zero attached hydrogens (tertiary/aromatic N) is 1. The molecular formula is C15H16N2O3. The first-order chi connectivity index (χ1) is 9.35. The Labute approximate surface area is 117 Å². The van der Waals surface area contributed by atoms with Crippen LogP contribution in [0.5, 0.6) is 0 Å². The van der Waals surface area contributed by atoms with Crippen LogP contribution in [0, 0.1) is 12.3 Å². The van der Waals surface area contributed by atoms with Gasteiger partial charge in [-0.2, -0.15) is 0 Å². The summed E-state index contributed by atoms with van der Waals surface area (Å²) in [5, 5.41) is 12.0. The number of amides is 2. The van der Waals surface area contributed by atoms with Gasteiger partial charge >= 0.3 is 12.0 Å². The summed E-state index contributed by atoms with van der Waals surface area (Å²) >= 11 is 0. The number of para-hydroxylation sites is 1. The third kappa shape index (κ3) is 2.45. The minimum Gasteiger partial charge on any atom is -0.480 e. The predicted octanol–water partition coefficient (Wildman–Crippen LogP) is 1.62. The quantitative estimate of drug-likeness (QED) is 0.804. The Morgan fingerprint density at radius 1 is 1.45 bits per heavy atom. The molecule has 0 saturated carbocycles. The molecule has 0 saturated heterocycles. The van der Waals surface area contributed by atoms with E-state index in [4.69, 9.17) is 6.42 Å². The van der Waals surface area contributed by atoms with Crippen LogP contribution in [0.15, 0.2) is 24.3 Å². The van der Waals surface area contributed by atoms with Gasteiger partial charge < -0.3 is 10.4 Å². The van der Waals surface area contributed by atoms with Gasteiger partial charge in [0.05, 0.1) is 5.54 Å². The van der Waals surface area contributed by atoms with Crippen LogP contribution in [0.4, 0.5) is 10.5 Å². The summed E-state index contributed by atoms with van der Waals surface area (Å²) in [5.74, 6) is 1.43. The average Bonchev–Trinajstić information content (AvgIpc) is 2.77. The number of nitrogens with one attached hydrogen (secondary N) is 1. The van der Waals surface area contributed by atoms with Gasteiger partial charge in [0.15, 0.2) is 0 Å². The van der Waals surface area contributed by atoms with Crippen molar-refractivity contribution >= 4 is 17.7 Å². The van der Waals surface area contributed by atoms with E-state index in [9.17, 15) is 14.7 Å². The molecular weight excluding hydrogens is 256 g/mol. The second-order valence-corrected chi connectivity index (χ2v) is 5.26. The van der Waals surface area contributed by atoms with Crippen molar-refractivity contribution in [2.75, 3.05) is 4.90 Å². The fraction of sp³-hybridized carbons (Fsp3) is 0.333. The second kappa shape index (κ2) is 4.89. The van der Waals surface area contributed by atoms with E-state index in [2.05, 4.69) is 11.2 Å². The standard InChI is InChI=1S/C15H16N2O3/c1-4-15(2,3)16-14(20)17-11-8-6-5-7-10(11)9-12(17)13(18)19/h1,5-8,12H,9H2,2-3H3,(H,16,20)(H,18,19)/t12-/m0/s1. The Kier molecular flexibility index (Phi) is 3.41. The Morgan fingerprint density at radius 3 is 2.70 bits per heavy atom. The van der Waals surface area contributed by atoms with Crippen molar-refractivity contribution in [3.63, 3.8) is 0 Å². The third-order valence-corrected chi connectivity index (χ3v) is 3.26. The van der Waals surface area contributed by atoms with E-state index in [-0.39, 0.29) is 0 Å². The molecule has 5 nitrogen and oxygen atoms in total. The molecule has 1 aliphatic heterocycles. The molecule has 2 amide bonds. The summed E-state index contributed by atoms with van der Waals surface area (Å²) in [7, 11) is 0. The van der Waals surface area contributed by atoms with Crippen molar-refractivity contribution < 1.29 is 14.7 Å². The minimum absolute atomic E-state index is 0.301. The first-order valence-electron chi connectivity index (χ1n) is 6.25. The molecule has 1 heterocycles. The van der Waals surface area contributed by atoms with Crippen LogP contribution in [0.2, 0.25) is 0 Å². The number of aliphatic carboxylic acids is 1. The van der Waals surface area contributed by atoms with Crippen molar-refractivity contribution in [3.05, 3.63) is 29.8 Å². The first kappa shape index (κ1) is 13.9. The number of carboxylic acids is 1. The number of anilines is 1. The molecule has 0 aliphatic carbocycles. The molecule has 0 fully saturated rings. The molecule has 0 spiro atoms. The highest BCUT2D eigenvalue weighted by Crippen LogP contribution is 2.32. The highest BCUT2D eigenvalue weighted by molar-refractivity contribution is 6.01. The van der Waals surface area contributed by atoms with E-state index in [0.717, 1.165) is 5.56 Å². The summed E-state index contributed by atoms with van der Waals surface area (Å²) in [6.07, 6.45) is 5.64. The number of hydrogen-bond donors (Lipinski definition) is 2. The fourth-order valence-electron chi connectivity index (χ4n) is 2.20. The Bertz CT molecular complexity index is 601. The number of fused-ring (bicyclic) bond motifs is 1. The summed E-state index contributed by atoms with van der Waals surface area (Å²) in [6, 6.07) is 5.76. The molecule has 2 N–H and O–H groups in total. The van der Waals surface area contributed by atoms with Crippen LogP contribution in [-0.2, 0) is 11.2 Å². The lowest BCUT2D eigenvalue weighted by atomic mass is 10.1. The van der Waals surface area contributed by atoms with Gasteiger partial charge in [-0.1, -0.05) is 24.1 Å². The Morgan fingerprint density at radius 2 is 2.10 bits per heavy atom. The number of carboxylic acid groups (broad SMARTS) is 1. The predicted molar refractivity (Wildman–Crippen MR) is 75.5 cm³/mol. The highest BCUT2D eigenvalue weighted by atomic mass is 16.4. The molecule has 0 radical (unpaired) electrons. The molecule has 1 aromatic carbocycles. The van der Waals surface area contributed by atoms with Crippen LogP contribution in [0.1, 0.15) is 19.4 Å². The van der Waals surface area contributed by atoms with Crippen molar-refractivity contribution in [1.29, 1.82) is 0 Å². The van der Waals surface area contributed by atoms with Gasteiger partial charge in [0.25, 0.3) is 0 Å². The molecule has 0 aromatic heterocycles. The van der Waals surface area contributed by atoms with E-state index in [0.29, 0.717) is 12.1 Å². The van der Waals surface area contributed by atoms with Crippen LogP contribution >= 0.6 is 0 Å². The molecule has 5 heteroatoms. The lowest BCUT2D eigenvalue weighted by molar-refractivity contribution is -0.138. The second-order valence-electron chi connectivity index (χ2n) is 5.26. The summed E-state index contributed by atoms with van der Waals surface area (Å²) in [4.78, 5) is 25.0. The topological polar surface area (TPSA) is 69.6 Å². The SMILES string of the molecule is C#CC(C)(C)NC(=O)N1c2ccccc2C[C@H]1C(=O)O. The van der Waals surface area contributed by atoms with Gasteiger partial charge in [-0.25, -0.2) is 9.59 Å². The number of rotatable bonds is 2. The highest BCUT2D eigenvalue weighted by Gasteiger charge is 2.39. The molecule has 2 rings (SSSR count). The number of carbonyl (C=O) groups excluding carboxylic acids is 1. The van der Waals surface area contributed by atoms with E-state index < -0.39 is 23.6 Å². The normalized spacial score (nSPS) is 17.2. The van der Waals surface area contributed by atoms with E-state index >= 15 is 0 Å². The molecule has 0 unspecified atom stereocenters. The number of carbonyl (C=O) groups is 2. The smallest absolute Gasteiger partial charge is 0.327 e. The number of terminal acetylenes is 1. The number of hydrogen-bond acceptors (Lipinski definition) is 2. The van der Waals surface area contributed by atoms with Crippen molar-refractivity contribution in [1.82, 2.24) is 5.32 Å². The van der Waals surface area contributed by atoms with Gasteiger partial charge in [-0.05, 0) is 25.5 Å². The van der Waals surface area contributed by atoms with Crippen molar-refractivity contribution in [3.8, 4) is 12.3 Å². The van der Waals surface area contributed by atoms with E-state index in [1.165, 1.54) is 4.90 Å². The maximum absolute atomic E-state index is 12.4. The molecule has 0 bridgehead atoms. The van der Waals surface area contributed by atoms with E-state index in [1.54, 1.807) is 26.0 Å². The first-order valence-corrected chi connectivity index (χ1v) is 6.25. The zero-order valence-electron chi connectivity index (χ0n) is 11.4. The zero-order valence-corrected chi connectivity index (χ0v) is 11.4. The maximum atomic E-state index is 12.4. The molecule has 1 atom stereocenters. The van der Waals surface area contributed by atoms with Crippen molar-refractivity contribution in [2.45, 2.75) is 31.8 Å². The minimum atomic E-state index is -1.03. The maximum Gasteiger partial charge on any atom is 0.327 e. The number of benzene rings is 1. The van der Waals surface area contributed by atoms with Crippen LogP contribution in [0.25, 0.3) is 0 Å². The van der Waals surface area contributed by atoms with Crippen LogP contribution < -0.4 is 10.2 Å². The summed E-state index contributed by atoms with van der Waals surface area (Å²) in [6.45, 7) is 3.37. The fourth-order valence-corrected chi connectivity index (χ4v) is 2.20. The van der Waals surface area contributed by atoms with Gasteiger partial charge in [0, 0.05) is 12.1 Å². The molecule has 1 aromatic rings. The average molecular weight is 272 g/mol. The van der Waals surface area contributed by atoms with Gasteiger partial charge in [0.1, 0.15) is 6.04 Å². The van der Waals surface area contributed by atoms with Crippen LogP contribution in [-0.4, -0.2) is 28.7 Å². The van der Waals surface area contributed by atoms with Gasteiger partial charge in [-0.3, -0.25) is 4.90 Å². The van der Waals surface area contributed by atoms with Crippen molar-refractivity contribution in [2.24, 2.45) is 0 Å². The lowest BCUT2D eigenvalue weighted by Crippen LogP contribution is -2.53. The Balaban J connectivity index is 2.34. The third-order valence-electron chi connectivity index (χ3n) is 3.26. The van der Waals surface area contributed by atoms with E-state index in [1.807, 2.05) is 12.1 Å². The van der Waals surface area contributed by atoms with Crippen LogP contribution in [0.3, 0.4) is 0 Å². The number of urea groups is 1. The monoisotopic (exact) mass is 272 g/mol. The summed E-state index contributed by atoms with van der Waals surface area (Å²) in [5.41, 5.74) is 0.622. The lowest BCUT2D eigenvalue weighted by Gasteiger charge is -2.27. The molecule has 104 valence electrons. The largest absolute Gasteiger partial charge is 0.480 e. The summed E-state index contributed by atoms with van der Waals surface area (Å²) < 4.78 is 0. The zero-order chi connectivity index (χ0) is 14.9. The molecule has 1 aliphatic rings. The molecule has 20 heavy (non-hydrogen) atoms.